The Labute approximate surface area is 126 Å². The van der Waals surface area contributed by atoms with Gasteiger partial charge in [-0.2, -0.15) is 0 Å². The molecule has 0 amide bonds. The number of nitrogens with one attached hydrogen (secondary N) is 2. The van der Waals surface area contributed by atoms with Crippen molar-refractivity contribution in [1.82, 2.24) is 15.5 Å². The van der Waals surface area contributed by atoms with E-state index < -0.39 is 5.72 Å². The van der Waals surface area contributed by atoms with Crippen LogP contribution >= 0.6 is 0 Å². The van der Waals surface area contributed by atoms with Crippen LogP contribution in [0.2, 0.25) is 0 Å². The van der Waals surface area contributed by atoms with E-state index in [2.05, 4.69) is 45.9 Å². The summed E-state index contributed by atoms with van der Waals surface area (Å²) < 4.78 is 0. The van der Waals surface area contributed by atoms with Gasteiger partial charge in [-0.05, 0) is 25.3 Å². The normalized spacial score (nSPS) is 43.3. The lowest BCUT2D eigenvalue weighted by Gasteiger charge is -2.47. The van der Waals surface area contributed by atoms with Gasteiger partial charge in [0.1, 0.15) is 12.0 Å². The molecule has 0 bridgehead atoms. The minimum Gasteiger partial charge on any atom is -0.376 e. The van der Waals surface area contributed by atoms with Crippen LogP contribution in [0.25, 0.3) is 0 Å². The van der Waals surface area contributed by atoms with E-state index in [4.69, 9.17) is 0 Å². The monoisotopic (exact) mass is 287 g/mol. The van der Waals surface area contributed by atoms with Gasteiger partial charge in [0.25, 0.3) is 0 Å². The highest BCUT2D eigenvalue weighted by molar-refractivity contribution is 5.22. The molecule has 1 aromatic carbocycles. The Bertz CT molecular complexity index is 504. The molecule has 21 heavy (non-hydrogen) atoms. The smallest absolute Gasteiger partial charge is 0.117 e. The zero-order chi connectivity index (χ0) is 14.4. The van der Waals surface area contributed by atoms with E-state index in [9.17, 15) is 5.11 Å². The average molecular weight is 287 g/mol. The van der Waals surface area contributed by atoms with Crippen molar-refractivity contribution in [3.63, 3.8) is 0 Å². The summed E-state index contributed by atoms with van der Waals surface area (Å²) in [5.74, 6) is 0. The van der Waals surface area contributed by atoms with Crippen LogP contribution in [0.15, 0.2) is 30.3 Å². The highest BCUT2D eigenvalue weighted by Gasteiger charge is 2.51. The first-order chi connectivity index (χ1) is 10.1. The van der Waals surface area contributed by atoms with Gasteiger partial charge in [-0.25, -0.2) is 0 Å². The highest BCUT2D eigenvalue weighted by atomic mass is 16.3. The molecule has 114 valence electrons. The number of hydrogen-bond donors (Lipinski definition) is 3. The molecule has 4 nitrogen and oxygen atoms in total. The van der Waals surface area contributed by atoms with E-state index in [1.807, 2.05) is 6.92 Å². The van der Waals surface area contributed by atoms with Gasteiger partial charge in [-0.15, -0.1) is 0 Å². The molecule has 3 aliphatic rings. The third-order valence-corrected chi connectivity index (χ3v) is 5.37. The zero-order valence-corrected chi connectivity index (χ0v) is 12.6. The summed E-state index contributed by atoms with van der Waals surface area (Å²) in [7, 11) is 0. The van der Waals surface area contributed by atoms with Crippen molar-refractivity contribution in [2.24, 2.45) is 0 Å². The fraction of sp³-hybridized carbons (Fsp3) is 0.647. The molecule has 2 aliphatic heterocycles. The maximum atomic E-state index is 10.6. The zero-order valence-electron chi connectivity index (χ0n) is 12.6. The minimum absolute atomic E-state index is 0.0899. The highest BCUT2D eigenvalue weighted by Crippen LogP contribution is 2.42. The van der Waals surface area contributed by atoms with Crippen molar-refractivity contribution < 1.29 is 5.11 Å². The lowest BCUT2D eigenvalue weighted by Crippen LogP contribution is -2.64. The molecule has 0 radical (unpaired) electrons. The van der Waals surface area contributed by atoms with Crippen molar-refractivity contribution >= 4 is 0 Å². The Balaban J connectivity index is 1.69. The number of rotatable bonds is 1. The predicted octanol–water partition coefficient (Wildman–Crippen LogP) is 1.93. The van der Waals surface area contributed by atoms with Gasteiger partial charge in [0.05, 0.1) is 0 Å². The first kappa shape index (κ1) is 13.7. The summed E-state index contributed by atoms with van der Waals surface area (Å²) in [4.78, 5) is 2.58. The summed E-state index contributed by atoms with van der Waals surface area (Å²) >= 11 is 0. The van der Waals surface area contributed by atoms with Crippen LogP contribution < -0.4 is 10.6 Å². The van der Waals surface area contributed by atoms with Crippen molar-refractivity contribution in [3.8, 4) is 0 Å². The van der Waals surface area contributed by atoms with Gasteiger partial charge in [0.15, 0.2) is 0 Å². The summed E-state index contributed by atoms with van der Waals surface area (Å²) in [6, 6.07) is 12.1. The lowest BCUT2D eigenvalue weighted by molar-refractivity contribution is -0.0964. The van der Waals surface area contributed by atoms with E-state index >= 15 is 0 Å². The number of benzene rings is 1. The predicted molar refractivity (Wildman–Crippen MR) is 82.4 cm³/mol. The molecule has 2 heterocycles. The molecule has 5 unspecified atom stereocenters. The van der Waals surface area contributed by atoms with E-state index in [0.717, 1.165) is 6.42 Å². The molecule has 1 aromatic rings. The number of hydrogen-bond acceptors (Lipinski definition) is 4. The molecule has 0 spiro atoms. The van der Waals surface area contributed by atoms with Crippen LogP contribution in [0.3, 0.4) is 0 Å². The second kappa shape index (κ2) is 5.06. The lowest BCUT2D eigenvalue weighted by atomic mass is 9.87. The fourth-order valence-electron chi connectivity index (χ4n) is 4.47. The van der Waals surface area contributed by atoms with Gasteiger partial charge in [0.2, 0.25) is 0 Å². The molecule has 3 N–H and O–H groups in total. The number of fused-ring (bicyclic) bond motifs is 3. The van der Waals surface area contributed by atoms with E-state index in [-0.39, 0.29) is 12.3 Å². The third-order valence-electron chi connectivity index (χ3n) is 5.37. The average Bonchev–Trinajstić information content (AvgIpc) is 2.83. The SMILES string of the molecule is CC1(O)CC(c2ccccc2)N2C(NC3CCCCC32)N1. The molecule has 4 heteroatoms. The first-order valence-corrected chi connectivity index (χ1v) is 8.23. The van der Waals surface area contributed by atoms with Crippen LogP contribution in [0.1, 0.15) is 50.6 Å². The molecular formula is C17H25N3O. The van der Waals surface area contributed by atoms with Crippen LogP contribution in [0.5, 0.6) is 0 Å². The summed E-state index contributed by atoms with van der Waals surface area (Å²) in [6.07, 6.45) is 5.99. The molecule has 1 aliphatic carbocycles. The third kappa shape index (κ3) is 2.40. The Morgan fingerprint density at radius 2 is 1.95 bits per heavy atom. The van der Waals surface area contributed by atoms with Crippen molar-refractivity contribution in [2.45, 2.75) is 69.2 Å². The Hall–Kier alpha value is -0.940. The Morgan fingerprint density at radius 3 is 2.76 bits per heavy atom. The maximum Gasteiger partial charge on any atom is 0.117 e. The standard InChI is InChI=1S/C17H25N3O/c1-17(21)11-15(12-7-3-2-4-8-12)20-14-10-6-5-9-13(14)18-16(20)19-17/h2-4,7-8,13-16,18-19,21H,5-6,9-11H2,1H3. The summed E-state index contributed by atoms with van der Waals surface area (Å²) in [5, 5.41) is 17.7. The molecule has 3 fully saturated rings. The topological polar surface area (TPSA) is 47.5 Å². The van der Waals surface area contributed by atoms with Crippen LogP contribution in [0, 0.1) is 0 Å². The molecule has 5 atom stereocenters. The molecule has 4 rings (SSSR count). The minimum atomic E-state index is -0.817. The van der Waals surface area contributed by atoms with Gasteiger partial charge in [-0.1, -0.05) is 43.2 Å². The second-order valence-corrected chi connectivity index (χ2v) is 7.02. The fourth-order valence-corrected chi connectivity index (χ4v) is 4.47. The Morgan fingerprint density at radius 1 is 1.19 bits per heavy atom. The van der Waals surface area contributed by atoms with Gasteiger partial charge >= 0.3 is 0 Å². The van der Waals surface area contributed by atoms with Crippen LogP contribution in [-0.4, -0.2) is 34.1 Å². The molecule has 2 saturated heterocycles. The molecule has 1 saturated carbocycles. The largest absolute Gasteiger partial charge is 0.376 e. The second-order valence-electron chi connectivity index (χ2n) is 7.02. The van der Waals surface area contributed by atoms with E-state index in [1.165, 1.54) is 31.2 Å². The Kier molecular flexibility index (Phi) is 3.30. The van der Waals surface area contributed by atoms with Crippen molar-refractivity contribution in [2.75, 3.05) is 0 Å². The van der Waals surface area contributed by atoms with E-state index in [1.54, 1.807) is 0 Å². The number of nitrogens with zero attached hydrogens (tertiary/aromatic N) is 1. The van der Waals surface area contributed by atoms with Crippen molar-refractivity contribution in [1.29, 1.82) is 0 Å². The van der Waals surface area contributed by atoms with Crippen molar-refractivity contribution in [3.05, 3.63) is 35.9 Å². The van der Waals surface area contributed by atoms with Gasteiger partial charge < -0.3 is 5.11 Å². The van der Waals surface area contributed by atoms with Crippen LogP contribution in [0.4, 0.5) is 0 Å². The maximum absolute atomic E-state index is 10.6. The summed E-state index contributed by atoms with van der Waals surface area (Å²) in [6.45, 7) is 1.89. The molecule has 0 aromatic heterocycles. The van der Waals surface area contributed by atoms with E-state index in [0.29, 0.717) is 12.1 Å². The van der Waals surface area contributed by atoms with Gasteiger partial charge in [0, 0.05) is 24.5 Å². The van der Waals surface area contributed by atoms with Gasteiger partial charge in [-0.3, -0.25) is 15.5 Å². The molecular weight excluding hydrogens is 262 g/mol. The number of aliphatic hydroxyl groups is 1. The quantitative estimate of drug-likeness (QED) is 0.739. The first-order valence-electron chi connectivity index (χ1n) is 8.23. The summed E-state index contributed by atoms with van der Waals surface area (Å²) in [5.41, 5.74) is 0.500. The van der Waals surface area contributed by atoms with Crippen LogP contribution in [-0.2, 0) is 0 Å².